The first-order valence-electron chi connectivity index (χ1n) is 13.1. The molecule has 0 saturated carbocycles. The Balaban J connectivity index is 1.09. The number of benzene rings is 3. The number of nitrogens with one attached hydrogen (secondary N) is 1. The summed E-state index contributed by atoms with van der Waals surface area (Å²) in [5.41, 5.74) is 4.59. The largest absolute Gasteiger partial charge is 0.338 e. The van der Waals surface area contributed by atoms with E-state index in [2.05, 4.69) is 33.3 Å². The zero-order valence-electron chi connectivity index (χ0n) is 21.1. The fourth-order valence-electron chi connectivity index (χ4n) is 5.43. The van der Waals surface area contributed by atoms with Crippen molar-refractivity contribution in [2.45, 2.75) is 25.4 Å². The molecule has 1 fully saturated rings. The first-order valence-corrected chi connectivity index (χ1v) is 13.1. The van der Waals surface area contributed by atoms with Crippen molar-refractivity contribution in [1.29, 1.82) is 0 Å². The molecule has 3 aromatic carbocycles. The number of nitrogens with zero attached hydrogens (tertiary/aromatic N) is 3. The predicted molar refractivity (Wildman–Crippen MR) is 141 cm³/mol. The minimum absolute atomic E-state index is 0.0146. The molecule has 0 aliphatic carbocycles. The molecule has 0 aromatic heterocycles. The summed E-state index contributed by atoms with van der Waals surface area (Å²) in [5.74, 6) is -0.521. The Morgan fingerprint density at radius 3 is 2.00 bits per heavy atom. The third kappa shape index (κ3) is 6.35. The van der Waals surface area contributed by atoms with Gasteiger partial charge in [0.2, 0.25) is 0 Å². The normalized spacial score (nSPS) is 16.6. The number of carbonyl (C=O) groups is 1. The Morgan fingerprint density at radius 1 is 0.784 bits per heavy atom. The van der Waals surface area contributed by atoms with Gasteiger partial charge in [-0.05, 0) is 65.9 Å². The third-order valence-electron chi connectivity index (χ3n) is 7.49. The molecule has 0 spiro atoms. The van der Waals surface area contributed by atoms with Gasteiger partial charge < -0.3 is 15.1 Å². The lowest BCUT2D eigenvalue weighted by Gasteiger charge is -2.40. The number of piperazine rings is 1. The SMILES string of the molecule is O=C(NCCCN1CCN(C(c2ccc(F)cc2)c2ccc(F)cc2)CC1)N1CCc2ccccc2C1. The molecule has 5 rings (SSSR count). The van der Waals surface area contributed by atoms with Crippen LogP contribution in [0.1, 0.15) is 34.7 Å². The van der Waals surface area contributed by atoms with Gasteiger partial charge in [-0.2, -0.15) is 0 Å². The molecule has 7 heteroatoms. The zero-order valence-corrected chi connectivity index (χ0v) is 21.1. The van der Waals surface area contributed by atoms with Crippen molar-refractivity contribution in [3.8, 4) is 0 Å². The van der Waals surface area contributed by atoms with E-state index in [1.165, 1.54) is 35.4 Å². The minimum atomic E-state index is -0.261. The quantitative estimate of drug-likeness (QED) is 0.469. The lowest BCUT2D eigenvalue weighted by molar-refractivity contribution is 0.108. The highest BCUT2D eigenvalue weighted by molar-refractivity contribution is 5.74. The Labute approximate surface area is 217 Å². The van der Waals surface area contributed by atoms with Crippen LogP contribution < -0.4 is 5.32 Å². The molecule has 194 valence electrons. The molecule has 1 saturated heterocycles. The highest BCUT2D eigenvalue weighted by atomic mass is 19.1. The van der Waals surface area contributed by atoms with Crippen molar-refractivity contribution in [3.63, 3.8) is 0 Å². The maximum absolute atomic E-state index is 13.6. The molecule has 1 N–H and O–H groups in total. The zero-order chi connectivity index (χ0) is 25.6. The molecule has 2 aliphatic heterocycles. The lowest BCUT2D eigenvalue weighted by Crippen LogP contribution is -2.48. The summed E-state index contributed by atoms with van der Waals surface area (Å²) in [7, 11) is 0. The first kappa shape index (κ1) is 25.4. The Bertz CT molecular complexity index is 1130. The molecule has 0 atom stereocenters. The molecule has 37 heavy (non-hydrogen) atoms. The smallest absolute Gasteiger partial charge is 0.317 e. The molecule has 0 radical (unpaired) electrons. The number of hydrogen-bond donors (Lipinski definition) is 1. The molecule has 0 bridgehead atoms. The van der Waals surface area contributed by atoms with Crippen LogP contribution in [-0.2, 0) is 13.0 Å². The van der Waals surface area contributed by atoms with E-state index in [1.54, 1.807) is 0 Å². The van der Waals surface area contributed by atoms with E-state index in [0.29, 0.717) is 13.1 Å². The summed E-state index contributed by atoms with van der Waals surface area (Å²) < 4.78 is 27.1. The maximum Gasteiger partial charge on any atom is 0.317 e. The average molecular weight is 505 g/mol. The summed E-state index contributed by atoms with van der Waals surface area (Å²) in [6.07, 6.45) is 1.81. The van der Waals surface area contributed by atoms with Crippen molar-refractivity contribution in [3.05, 3.63) is 107 Å². The van der Waals surface area contributed by atoms with E-state index in [4.69, 9.17) is 0 Å². The molecular formula is C30H34F2N4O. The number of fused-ring (bicyclic) bond motifs is 1. The van der Waals surface area contributed by atoms with Gasteiger partial charge in [-0.1, -0.05) is 48.5 Å². The van der Waals surface area contributed by atoms with Gasteiger partial charge in [-0.3, -0.25) is 4.90 Å². The van der Waals surface area contributed by atoms with Gasteiger partial charge in [0.15, 0.2) is 0 Å². The fourth-order valence-corrected chi connectivity index (χ4v) is 5.43. The lowest BCUT2D eigenvalue weighted by atomic mass is 9.96. The number of halogens is 2. The molecule has 2 amide bonds. The van der Waals surface area contributed by atoms with Gasteiger partial charge in [0.1, 0.15) is 11.6 Å². The second-order valence-electron chi connectivity index (χ2n) is 9.91. The van der Waals surface area contributed by atoms with E-state index in [0.717, 1.165) is 63.2 Å². The van der Waals surface area contributed by atoms with E-state index >= 15 is 0 Å². The van der Waals surface area contributed by atoms with E-state index < -0.39 is 0 Å². The van der Waals surface area contributed by atoms with Crippen LogP contribution in [0.2, 0.25) is 0 Å². The van der Waals surface area contributed by atoms with E-state index in [1.807, 2.05) is 35.2 Å². The molecule has 2 heterocycles. The number of rotatable bonds is 7. The summed E-state index contributed by atoms with van der Waals surface area (Å²) in [4.78, 5) is 19.3. The Hall–Kier alpha value is -3.29. The number of amides is 2. The first-order chi connectivity index (χ1) is 18.1. The summed E-state index contributed by atoms with van der Waals surface area (Å²) in [6, 6.07) is 21.5. The minimum Gasteiger partial charge on any atom is -0.338 e. The van der Waals surface area contributed by atoms with Gasteiger partial charge in [-0.15, -0.1) is 0 Å². The molecular weight excluding hydrogens is 470 g/mol. The average Bonchev–Trinajstić information content (AvgIpc) is 2.93. The van der Waals surface area contributed by atoms with Gasteiger partial charge in [0, 0.05) is 45.8 Å². The van der Waals surface area contributed by atoms with Crippen LogP contribution in [0.15, 0.2) is 72.8 Å². The molecule has 5 nitrogen and oxygen atoms in total. The molecule has 0 unspecified atom stereocenters. The van der Waals surface area contributed by atoms with Crippen LogP contribution in [0.25, 0.3) is 0 Å². The Kier molecular flexibility index (Phi) is 8.12. The van der Waals surface area contributed by atoms with Gasteiger partial charge in [-0.25, -0.2) is 13.6 Å². The van der Waals surface area contributed by atoms with Crippen molar-refractivity contribution in [2.24, 2.45) is 0 Å². The van der Waals surface area contributed by atoms with Crippen molar-refractivity contribution in [1.82, 2.24) is 20.0 Å². The second kappa shape index (κ2) is 11.8. The molecule has 2 aliphatic rings. The number of hydrogen-bond acceptors (Lipinski definition) is 3. The van der Waals surface area contributed by atoms with Crippen LogP contribution in [0, 0.1) is 11.6 Å². The number of urea groups is 1. The van der Waals surface area contributed by atoms with Crippen LogP contribution in [-0.4, -0.2) is 66.5 Å². The van der Waals surface area contributed by atoms with E-state index in [-0.39, 0.29) is 23.7 Å². The van der Waals surface area contributed by atoms with Crippen LogP contribution in [0.5, 0.6) is 0 Å². The summed E-state index contributed by atoms with van der Waals surface area (Å²) in [5, 5.41) is 3.09. The third-order valence-corrected chi connectivity index (χ3v) is 7.49. The van der Waals surface area contributed by atoms with Crippen LogP contribution in [0.3, 0.4) is 0 Å². The van der Waals surface area contributed by atoms with E-state index in [9.17, 15) is 13.6 Å². The monoisotopic (exact) mass is 504 g/mol. The number of carbonyl (C=O) groups excluding carboxylic acids is 1. The standard InChI is InChI=1S/C30H34F2N4O/c31-27-10-6-24(7-11-27)29(25-8-12-28(32)13-9-25)35-20-18-34(19-21-35)16-3-15-33-30(37)36-17-14-23-4-1-2-5-26(23)22-36/h1-2,4-13,29H,3,14-22H2,(H,33,37). The van der Waals surface area contributed by atoms with Crippen molar-refractivity contribution in [2.75, 3.05) is 45.8 Å². The van der Waals surface area contributed by atoms with Crippen LogP contribution in [0.4, 0.5) is 13.6 Å². The maximum atomic E-state index is 13.6. The highest BCUT2D eigenvalue weighted by Gasteiger charge is 2.26. The van der Waals surface area contributed by atoms with Crippen LogP contribution >= 0.6 is 0 Å². The highest BCUT2D eigenvalue weighted by Crippen LogP contribution is 2.30. The van der Waals surface area contributed by atoms with Crippen molar-refractivity contribution >= 4 is 6.03 Å². The van der Waals surface area contributed by atoms with Gasteiger partial charge >= 0.3 is 6.03 Å². The van der Waals surface area contributed by atoms with Crippen molar-refractivity contribution < 1.29 is 13.6 Å². The summed E-state index contributed by atoms with van der Waals surface area (Å²) >= 11 is 0. The Morgan fingerprint density at radius 2 is 1.38 bits per heavy atom. The second-order valence-corrected chi connectivity index (χ2v) is 9.91. The van der Waals surface area contributed by atoms with Gasteiger partial charge in [0.25, 0.3) is 0 Å². The predicted octanol–water partition coefficient (Wildman–Crippen LogP) is 4.83. The molecule has 3 aromatic rings. The van der Waals surface area contributed by atoms with Gasteiger partial charge in [0.05, 0.1) is 6.04 Å². The summed E-state index contributed by atoms with van der Waals surface area (Å²) in [6.45, 7) is 6.56. The topological polar surface area (TPSA) is 38.8 Å². The fraction of sp³-hybridized carbons (Fsp3) is 0.367.